The maximum Gasteiger partial charge on any atom is 0.242 e. The number of rotatable bonds is 7. The molecule has 5 nitrogen and oxygen atoms in total. The third-order valence-corrected chi connectivity index (χ3v) is 2.84. The molecule has 0 aromatic rings. The van der Waals surface area contributed by atoms with Crippen molar-refractivity contribution in [2.45, 2.75) is 27.2 Å². The van der Waals surface area contributed by atoms with Crippen molar-refractivity contribution in [2.24, 2.45) is 11.7 Å². The smallest absolute Gasteiger partial charge is 0.242 e. The second kappa shape index (κ2) is 8.06. The molecule has 17 heavy (non-hydrogen) atoms. The minimum Gasteiger partial charge on any atom is -0.342 e. The summed E-state index contributed by atoms with van der Waals surface area (Å²) in [4.78, 5) is 26.7. The summed E-state index contributed by atoms with van der Waals surface area (Å²) in [6.45, 7) is 7.78. The first kappa shape index (κ1) is 15.9. The summed E-state index contributed by atoms with van der Waals surface area (Å²) in [7, 11) is 1.66. The number of likely N-dealkylation sites (N-methyl/N-ethyl adjacent to an activating group) is 2. The van der Waals surface area contributed by atoms with Crippen LogP contribution in [0.2, 0.25) is 0 Å². The molecular formula is C12H25N3O2. The maximum absolute atomic E-state index is 11.8. The van der Waals surface area contributed by atoms with Gasteiger partial charge in [0.1, 0.15) is 0 Å². The number of carbonyl (C=O) groups excluding carboxylic acids is 2. The first-order chi connectivity index (χ1) is 7.96. The molecule has 0 fully saturated rings. The van der Waals surface area contributed by atoms with Gasteiger partial charge < -0.3 is 15.5 Å². The number of amides is 2. The fraction of sp³-hybridized carbons (Fsp3) is 0.833. The van der Waals surface area contributed by atoms with Crippen LogP contribution in [0, 0.1) is 5.92 Å². The van der Waals surface area contributed by atoms with Crippen molar-refractivity contribution in [1.82, 2.24) is 9.80 Å². The van der Waals surface area contributed by atoms with Gasteiger partial charge in [0.05, 0.1) is 6.54 Å². The fourth-order valence-corrected chi connectivity index (χ4v) is 1.50. The van der Waals surface area contributed by atoms with Crippen LogP contribution in [0.3, 0.4) is 0 Å². The highest BCUT2D eigenvalue weighted by atomic mass is 16.2. The molecule has 0 spiro atoms. The molecule has 0 aliphatic carbocycles. The molecule has 0 aromatic carbocycles. The van der Waals surface area contributed by atoms with E-state index in [1.807, 2.05) is 20.8 Å². The van der Waals surface area contributed by atoms with E-state index >= 15 is 0 Å². The van der Waals surface area contributed by atoms with Gasteiger partial charge in [-0.25, -0.2) is 0 Å². The van der Waals surface area contributed by atoms with Crippen LogP contribution in [0.5, 0.6) is 0 Å². The van der Waals surface area contributed by atoms with Crippen LogP contribution in [-0.2, 0) is 9.59 Å². The number of hydrogen-bond donors (Lipinski definition) is 1. The van der Waals surface area contributed by atoms with Crippen molar-refractivity contribution >= 4 is 11.8 Å². The molecule has 1 unspecified atom stereocenters. The standard InChI is InChI=1S/C12H25N3O2/c1-5-15(6-2)12(17)9-14(4)11(16)7-10(3)8-13/h10H,5-9,13H2,1-4H3. The molecule has 5 heteroatoms. The SMILES string of the molecule is CCN(CC)C(=O)CN(C)C(=O)CC(C)CN. The second-order valence-corrected chi connectivity index (χ2v) is 4.36. The van der Waals surface area contributed by atoms with Crippen molar-refractivity contribution < 1.29 is 9.59 Å². The minimum atomic E-state index is -0.0246. The molecule has 0 radical (unpaired) electrons. The van der Waals surface area contributed by atoms with E-state index < -0.39 is 0 Å². The lowest BCUT2D eigenvalue weighted by atomic mass is 10.1. The first-order valence-corrected chi connectivity index (χ1v) is 6.17. The van der Waals surface area contributed by atoms with Crippen molar-refractivity contribution in [2.75, 3.05) is 33.2 Å². The largest absolute Gasteiger partial charge is 0.342 e. The predicted octanol–water partition coefficient (Wildman–Crippen LogP) is 0.298. The van der Waals surface area contributed by atoms with E-state index in [1.54, 1.807) is 11.9 Å². The van der Waals surface area contributed by atoms with E-state index in [2.05, 4.69) is 0 Å². The number of nitrogens with zero attached hydrogens (tertiary/aromatic N) is 2. The molecule has 0 saturated carbocycles. The normalized spacial score (nSPS) is 12.1. The highest BCUT2D eigenvalue weighted by molar-refractivity contribution is 5.84. The minimum absolute atomic E-state index is 0.00810. The van der Waals surface area contributed by atoms with Gasteiger partial charge in [-0.15, -0.1) is 0 Å². The number of hydrogen-bond acceptors (Lipinski definition) is 3. The van der Waals surface area contributed by atoms with E-state index in [0.29, 0.717) is 26.1 Å². The van der Waals surface area contributed by atoms with Gasteiger partial charge in [-0.1, -0.05) is 6.92 Å². The Morgan fingerprint density at radius 1 is 1.18 bits per heavy atom. The van der Waals surface area contributed by atoms with E-state index in [0.717, 1.165) is 0 Å². The zero-order valence-corrected chi connectivity index (χ0v) is 11.4. The third kappa shape index (κ3) is 5.68. The van der Waals surface area contributed by atoms with Gasteiger partial charge in [-0.2, -0.15) is 0 Å². The number of nitrogens with two attached hydrogens (primary N) is 1. The van der Waals surface area contributed by atoms with Crippen molar-refractivity contribution in [3.8, 4) is 0 Å². The Balaban J connectivity index is 4.19. The fourth-order valence-electron chi connectivity index (χ4n) is 1.50. The highest BCUT2D eigenvalue weighted by Crippen LogP contribution is 2.03. The lowest BCUT2D eigenvalue weighted by Gasteiger charge is -2.23. The quantitative estimate of drug-likeness (QED) is 0.699. The summed E-state index contributed by atoms with van der Waals surface area (Å²) in [5.74, 6) is 0.128. The zero-order valence-electron chi connectivity index (χ0n) is 11.4. The molecule has 0 aliphatic heterocycles. The molecule has 0 saturated heterocycles. The van der Waals surface area contributed by atoms with Crippen LogP contribution in [0.4, 0.5) is 0 Å². The summed E-state index contributed by atoms with van der Waals surface area (Å²) in [6, 6.07) is 0. The van der Waals surface area contributed by atoms with Gasteiger partial charge in [0, 0.05) is 26.6 Å². The van der Waals surface area contributed by atoms with Crippen LogP contribution in [0.25, 0.3) is 0 Å². The molecule has 100 valence electrons. The van der Waals surface area contributed by atoms with Crippen LogP contribution in [-0.4, -0.2) is 54.8 Å². The summed E-state index contributed by atoms with van der Waals surface area (Å²) < 4.78 is 0. The van der Waals surface area contributed by atoms with Gasteiger partial charge in [-0.3, -0.25) is 9.59 Å². The summed E-state index contributed by atoms with van der Waals surface area (Å²) in [5, 5.41) is 0. The Hall–Kier alpha value is -1.10. The monoisotopic (exact) mass is 243 g/mol. The van der Waals surface area contributed by atoms with Gasteiger partial charge in [-0.05, 0) is 26.3 Å². The lowest BCUT2D eigenvalue weighted by molar-refractivity contribution is -0.139. The molecule has 0 aliphatic rings. The number of carbonyl (C=O) groups is 2. The zero-order chi connectivity index (χ0) is 13.4. The molecule has 2 amide bonds. The van der Waals surface area contributed by atoms with Gasteiger partial charge in [0.2, 0.25) is 11.8 Å². The molecule has 0 heterocycles. The van der Waals surface area contributed by atoms with Gasteiger partial charge in [0.15, 0.2) is 0 Å². The summed E-state index contributed by atoms with van der Waals surface area (Å²) >= 11 is 0. The van der Waals surface area contributed by atoms with Crippen LogP contribution in [0.15, 0.2) is 0 Å². The van der Waals surface area contributed by atoms with Crippen LogP contribution < -0.4 is 5.73 Å². The van der Waals surface area contributed by atoms with Crippen molar-refractivity contribution in [3.63, 3.8) is 0 Å². The van der Waals surface area contributed by atoms with Crippen molar-refractivity contribution in [1.29, 1.82) is 0 Å². The topological polar surface area (TPSA) is 66.6 Å². The average Bonchev–Trinajstić information content (AvgIpc) is 2.30. The maximum atomic E-state index is 11.8. The molecule has 0 bridgehead atoms. The van der Waals surface area contributed by atoms with E-state index in [9.17, 15) is 9.59 Å². The van der Waals surface area contributed by atoms with E-state index in [1.165, 1.54) is 4.90 Å². The van der Waals surface area contributed by atoms with E-state index in [4.69, 9.17) is 5.73 Å². The predicted molar refractivity (Wildman–Crippen MR) is 68.4 cm³/mol. The summed E-state index contributed by atoms with van der Waals surface area (Å²) in [6.07, 6.45) is 0.401. The van der Waals surface area contributed by atoms with Gasteiger partial charge in [0.25, 0.3) is 0 Å². The Kier molecular flexibility index (Phi) is 7.54. The molecule has 1 atom stereocenters. The highest BCUT2D eigenvalue weighted by Gasteiger charge is 2.17. The third-order valence-electron chi connectivity index (χ3n) is 2.84. The molecule has 2 N–H and O–H groups in total. The molecule has 0 rings (SSSR count). The molecular weight excluding hydrogens is 218 g/mol. The summed E-state index contributed by atoms with van der Waals surface area (Å²) in [5.41, 5.74) is 5.47. The van der Waals surface area contributed by atoms with E-state index in [-0.39, 0.29) is 24.3 Å². The van der Waals surface area contributed by atoms with Gasteiger partial charge >= 0.3 is 0 Å². The lowest BCUT2D eigenvalue weighted by Crippen LogP contribution is -2.41. The van der Waals surface area contributed by atoms with Crippen LogP contribution >= 0.6 is 0 Å². The first-order valence-electron chi connectivity index (χ1n) is 6.17. The Bertz CT molecular complexity index is 252. The Morgan fingerprint density at radius 2 is 1.71 bits per heavy atom. The Morgan fingerprint density at radius 3 is 2.12 bits per heavy atom. The van der Waals surface area contributed by atoms with Crippen LogP contribution in [0.1, 0.15) is 27.2 Å². The molecule has 0 aromatic heterocycles. The Labute approximate surface area is 104 Å². The second-order valence-electron chi connectivity index (χ2n) is 4.36. The van der Waals surface area contributed by atoms with Crippen molar-refractivity contribution in [3.05, 3.63) is 0 Å². The average molecular weight is 243 g/mol.